The van der Waals surface area contributed by atoms with E-state index in [9.17, 15) is 4.79 Å². The number of aromatic amines is 1. The number of carbonyl (C=O) groups is 1. The first kappa shape index (κ1) is 11.1. The molecule has 1 heterocycles. The molecule has 0 radical (unpaired) electrons. The zero-order chi connectivity index (χ0) is 11.5. The van der Waals surface area contributed by atoms with Crippen molar-refractivity contribution in [3.63, 3.8) is 0 Å². The van der Waals surface area contributed by atoms with Crippen LogP contribution in [-0.2, 0) is 4.79 Å². The lowest BCUT2D eigenvalue weighted by Crippen LogP contribution is -2.22. The van der Waals surface area contributed by atoms with Gasteiger partial charge in [-0.15, -0.1) is 0 Å². The quantitative estimate of drug-likeness (QED) is 0.690. The van der Waals surface area contributed by atoms with E-state index in [0.717, 1.165) is 25.7 Å². The number of hydrogen-bond acceptors (Lipinski definition) is 3. The molecule has 1 aromatic heterocycles. The zero-order valence-electron chi connectivity index (χ0n) is 8.82. The molecule has 0 atom stereocenters. The molecule has 1 saturated carbocycles. The molecule has 0 aliphatic heterocycles. The van der Waals surface area contributed by atoms with Crippen molar-refractivity contribution in [3.8, 4) is 0 Å². The minimum absolute atomic E-state index is 0.0271. The lowest BCUT2D eigenvalue weighted by Gasteiger charge is -2.09. The lowest BCUT2D eigenvalue weighted by molar-refractivity contribution is -0.119. The standard InChI is InChI=1S/C10H14N4OS/c11-8(16)7-5-12-14-9(7)13-10(15)6-3-1-2-4-6/h5-6H,1-4H2,(H2,11,16)(H2,12,13,14,15). The van der Waals surface area contributed by atoms with Gasteiger partial charge in [0.05, 0.1) is 11.8 Å². The minimum Gasteiger partial charge on any atom is -0.389 e. The molecule has 1 aliphatic carbocycles. The monoisotopic (exact) mass is 238 g/mol. The van der Waals surface area contributed by atoms with Crippen molar-refractivity contribution >= 4 is 28.9 Å². The Morgan fingerprint density at radius 1 is 1.56 bits per heavy atom. The maximum atomic E-state index is 11.8. The number of aromatic nitrogens is 2. The first-order valence-electron chi connectivity index (χ1n) is 5.32. The molecule has 86 valence electrons. The van der Waals surface area contributed by atoms with Gasteiger partial charge in [0, 0.05) is 5.92 Å². The van der Waals surface area contributed by atoms with Gasteiger partial charge in [-0.25, -0.2) is 0 Å². The number of nitrogens with two attached hydrogens (primary N) is 1. The molecule has 0 unspecified atom stereocenters. The number of rotatable bonds is 3. The van der Waals surface area contributed by atoms with Gasteiger partial charge in [0.1, 0.15) is 10.8 Å². The summed E-state index contributed by atoms with van der Waals surface area (Å²) < 4.78 is 0. The maximum Gasteiger partial charge on any atom is 0.228 e. The van der Waals surface area contributed by atoms with Crippen LogP contribution in [0, 0.1) is 5.92 Å². The fourth-order valence-corrected chi connectivity index (χ4v) is 2.14. The van der Waals surface area contributed by atoms with Crippen LogP contribution in [0.1, 0.15) is 31.2 Å². The third kappa shape index (κ3) is 2.21. The van der Waals surface area contributed by atoms with Crippen LogP contribution in [0.15, 0.2) is 6.20 Å². The van der Waals surface area contributed by atoms with Crippen LogP contribution in [0.25, 0.3) is 0 Å². The van der Waals surface area contributed by atoms with Crippen molar-refractivity contribution in [1.82, 2.24) is 10.2 Å². The number of nitrogens with one attached hydrogen (secondary N) is 2. The fraction of sp³-hybridized carbons (Fsp3) is 0.500. The van der Waals surface area contributed by atoms with Crippen LogP contribution in [0.5, 0.6) is 0 Å². The maximum absolute atomic E-state index is 11.8. The zero-order valence-corrected chi connectivity index (χ0v) is 9.64. The summed E-state index contributed by atoms with van der Waals surface area (Å²) in [6.45, 7) is 0. The van der Waals surface area contributed by atoms with Crippen LogP contribution in [-0.4, -0.2) is 21.1 Å². The molecule has 1 aliphatic rings. The highest BCUT2D eigenvalue weighted by molar-refractivity contribution is 7.80. The van der Waals surface area contributed by atoms with E-state index < -0.39 is 0 Å². The van der Waals surface area contributed by atoms with Gasteiger partial charge in [-0.3, -0.25) is 9.89 Å². The SMILES string of the molecule is NC(=S)c1cn[nH]c1NC(=O)C1CCCC1. The number of nitrogens with zero attached hydrogens (tertiary/aromatic N) is 1. The van der Waals surface area contributed by atoms with E-state index in [2.05, 4.69) is 15.5 Å². The van der Waals surface area contributed by atoms with E-state index >= 15 is 0 Å². The molecular weight excluding hydrogens is 224 g/mol. The summed E-state index contributed by atoms with van der Waals surface area (Å²) in [7, 11) is 0. The molecule has 0 spiro atoms. The number of anilines is 1. The highest BCUT2D eigenvalue weighted by Gasteiger charge is 2.23. The van der Waals surface area contributed by atoms with E-state index in [4.69, 9.17) is 18.0 Å². The Morgan fingerprint density at radius 2 is 2.25 bits per heavy atom. The predicted octanol–water partition coefficient (Wildman–Crippen LogP) is 1.17. The van der Waals surface area contributed by atoms with Crippen molar-refractivity contribution in [2.75, 3.05) is 5.32 Å². The average Bonchev–Trinajstić information content (AvgIpc) is 2.86. The first-order chi connectivity index (χ1) is 7.68. The van der Waals surface area contributed by atoms with Gasteiger partial charge in [0.25, 0.3) is 0 Å². The summed E-state index contributed by atoms with van der Waals surface area (Å²) in [6, 6.07) is 0. The second kappa shape index (κ2) is 4.61. The number of H-pyrrole nitrogens is 1. The number of carbonyl (C=O) groups excluding carboxylic acids is 1. The Labute approximate surface area is 98.8 Å². The Bertz CT molecular complexity index is 409. The Morgan fingerprint density at radius 3 is 2.88 bits per heavy atom. The first-order valence-corrected chi connectivity index (χ1v) is 5.73. The number of amides is 1. The van der Waals surface area contributed by atoms with Gasteiger partial charge in [0.15, 0.2) is 0 Å². The Kier molecular flexibility index (Phi) is 3.19. The van der Waals surface area contributed by atoms with Crippen molar-refractivity contribution < 1.29 is 4.79 Å². The number of thiocarbonyl (C=S) groups is 1. The third-order valence-corrected chi connectivity index (χ3v) is 3.10. The summed E-state index contributed by atoms with van der Waals surface area (Å²) in [6.07, 6.45) is 5.70. The molecule has 0 saturated heterocycles. The van der Waals surface area contributed by atoms with E-state index in [0.29, 0.717) is 11.4 Å². The average molecular weight is 238 g/mol. The minimum atomic E-state index is 0.0271. The van der Waals surface area contributed by atoms with E-state index in [1.165, 1.54) is 6.20 Å². The van der Waals surface area contributed by atoms with Crippen LogP contribution >= 0.6 is 12.2 Å². The molecule has 2 rings (SSSR count). The lowest BCUT2D eigenvalue weighted by atomic mass is 10.1. The Balaban J connectivity index is 2.05. The molecule has 0 aromatic carbocycles. The predicted molar refractivity (Wildman–Crippen MR) is 65.1 cm³/mol. The molecular formula is C10H14N4OS. The van der Waals surface area contributed by atoms with Crippen LogP contribution in [0.4, 0.5) is 5.82 Å². The fourth-order valence-electron chi connectivity index (χ4n) is 1.98. The molecule has 0 bridgehead atoms. The van der Waals surface area contributed by atoms with Gasteiger partial charge in [-0.05, 0) is 12.8 Å². The Hall–Kier alpha value is -1.43. The van der Waals surface area contributed by atoms with Crippen molar-refractivity contribution in [3.05, 3.63) is 11.8 Å². The van der Waals surface area contributed by atoms with Crippen LogP contribution in [0.2, 0.25) is 0 Å². The van der Waals surface area contributed by atoms with Gasteiger partial charge < -0.3 is 11.1 Å². The van der Waals surface area contributed by atoms with E-state index in [1.54, 1.807) is 0 Å². The second-order valence-electron chi connectivity index (χ2n) is 3.99. The highest BCUT2D eigenvalue weighted by atomic mass is 32.1. The van der Waals surface area contributed by atoms with Crippen molar-refractivity contribution in [1.29, 1.82) is 0 Å². The van der Waals surface area contributed by atoms with Gasteiger partial charge in [-0.1, -0.05) is 25.1 Å². The number of hydrogen-bond donors (Lipinski definition) is 3. The third-order valence-electron chi connectivity index (χ3n) is 2.88. The van der Waals surface area contributed by atoms with Crippen molar-refractivity contribution in [2.24, 2.45) is 11.7 Å². The van der Waals surface area contributed by atoms with Gasteiger partial charge >= 0.3 is 0 Å². The van der Waals surface area contributed by atoms with Gasteiger partial charge in [0.2, 0.25) is 5.91 Å². The largest absolute Gasteiger partial charge is 0.389 e. The molecule has 16 heavy (non-hydrogen) atoms. The summed E-state index contributed by atoms with van der Waals surface area (Å²) in [5.74, 6) is 0.645. The molecule has 1 amide bonds. The summed E-state index contributed by atoms with van der Waals surface area (Å²) >= 11 is 4.86. The molecule has 5 nitrogen and oxygen atoms in total. The van der Waals surface area contributed by atoms with Gasteiger partial charge in [-0.2, -0.15) is 5.10 Å². The van der Waals surface area contributed by atoms with E-state index in [-0.39, 0.29) is 16.8 Å². The van der Waals surface area contributed by atoms with Crippen LogP contribution in [0.3, 0.4) is 0 Å². The highest BCUT2D eigenvalue weighted by Crippen LogP contribution is 2.26. The van der Waals surface area contributed by atoms with Crippen LogP contribution < -0.4 is 11.1 Å². The molecule has 1 aromatic rings. The van der Waals surface area contributed by atoms with E-state index in [1.807, 2.05) is 0 Å². The molecule has 4 N–H and O–H groups in total. The summed E-state index contributed by atoms with van der Waals surface area (Å²) in [5, 5.41) is 9.30. The summed E-state index contributed by atoms with van der Waals surface area (Å²) in [5.41, 5.74) is 6.09. The normalized spacial score (nSPS) is 16.2. The smallest absolute Gasteiger partial charge is 0.228 e. The molecule has 6 heteroatoms. The molecule has 1 fully saturated rings. The summed E-state index contributed by atoms with van der Waals surface area (Å²) in [4.78, 5) is 12.1. The van der Waals surface area contributed by atoms with Crippen molar-refractivity contribution in [2.45, 2.75) is 25.7 Å². The topological polar surface area (TPSA) is 83.8 Å². The second-order valence-corrected chi connectivity index (χ2v) is 4.43.